The zero-order chi connectivity index (χ0) is 33.3. The number of amides is 4. The minimum Gasteiger partial charge on any atom is -0.479 e. The summed E-state index contributed by atoms with van der Waals surface area (Å²) in [6.07, 6.45) is -9.89. The summed E-state index contributed by atoms with van der Waals surface area (Å²) in [6, 6.07) is 3.98. The molecule has 6 N–H and O–H groups in total. The monoisotopic (exact) mass is 639 g/mol. The molecule has 18 nitrogen and oxygen atoms in total. The number of carboxylic acid groups (broad SMARTS) is 1. The van der Waals surface area contributed by atoms with Crippen molar-refractivity contribution < 1.29 is 73.0 Å². The zero-order valence-corrected chi connectivity index (χ0v) is 24.0. The van der Waals surface area contributed by atoms with Crippen LogP contribution in [0.1, 0.15) is 54.9 Å². The summed E-state index contributed by atoms with van der Waals surface area (Å²) >= 11 is 0. The topological polar surface area (TPSA) is 265 Å². The van der Waals surface area contributed by atoms with E-state index in [1.807, 2.05) is 0 Å². The maximum atomic E-state index is 13.0. The minimum atomic E-state index is -1.96. The third-order valence-corrected chi connectivity index (χ3v) is 6.50. The Labute approximate surface area is 255 Å². The fourth-order valence-electron chi connectivity index (χ4n) is 4.17. The highest BCUT2D eigenvalue weighted by molar-refractivity contribution is 6.01. The molecule has 2 saturated heterocycles. The summed E-state index contributed by atoms with van der Waals surface area (Å²) in [6.45, 7) is 0.848. The number of imide groups is 1. The average Bonchev–Trinajstić information content (AvgIpc) is 3.30. The van der Waals surface area contributed by atoms with Gasteiger partial charge in [0.25, 0.3) is 17.7 Å². The van der Waals surface area contributed by atoms with E-state index in [0.29, 0.717) is 10.6 Å². The second kappa shape index (κ2) is 15.9. The van der Waals surface area contributed by atoms with Gasteiger partial charge in [-0.1, -0.05) is 6.07 Å². The van der Waals surface area contributed by atoms with Crippen LogP contribution >= 0.6 is 0 Å². The molecule has 1 aromatic rings. The van der Waals surface area contributed by atoms with Crippen molar-refractivity contribution in [2.24, 2.45) is 0 Å². The number of hydrogen-bond donors (Lipinski definition) is 6. The van der Waals surface area contributed by atoms with Gasteiger partial charge >= 0.3 is 17.9 Å². The standard InChI is InChI=1S/C27H33N3O15/c1-13(31)42-12-14-5-6-16(43-27-23(38)21(36)22(37)24(44-27)26(40)41)15(11-14)25(39)29-10-9-28-17(32)3-2-4-20(35)45-30-18(33)7-8-19(30)34/h5-6,11,21-24,27,36-38H,2-4,7-10,12H2,1H3,(H,28,32)(H,29,39)(H,40,41)/t21-,22-,23+,24-,27+/m0/s1. The van der Waals surface area contributed by atoms with Crippen LogP contribution in [0.5, 0.6) is 5.75 Å². The van der Waals surface area contributed by atoms with Gasteiger partial charge in [-0.05, 0) is 24.1 Å². The highest BCUT2D eigenvalue weighted by atomic mass is 16.7. The van der Waals surface area contributed by atoms with E-state index in [9.17, 15) is 54.0 Å². The molecule has 0 bridgehead atoms. The summed E-state index contributed by atoms with van der Waals surface area (Å²) in [7, 11) is 0. The van der Waals surface area contributed by atoms with E-state index >= 15 is 0 Å². The van der Waals surface area contributed by atoms with Crippen LogP contribution in [0.3, 0.4) is 0 Å². The fourth-order valence-corrected chi connectivity index (χ4v) is 4.17. The molecule has 0 aliphatic carbocycles. The SMILES string of the molecule is CC(=O)OCc1ccc(O[C@@H]2O[C@H](C(=O)O)[C@@H](O)[C@H](O)[C@H]2O)c(C(=O)NCCNC(=O)CCCC(=O)ON2C(=O)CCC2=O)c1. The Morgan fingerprint density at radius 1 is 0.956 bits per heavy atom. The predicted octanol–water partition coefficient (Wildman–Crippen LogP) is -2.36. The van der Waals surface area contributed by atoms with Crippen molar-refractivity contribution in [3.63, 3.8) is 0 Å². The lowest BCUT2D eigenvalue weighted by molar-refractivity contribution is -0.271. The van der Waals surface area contributed by atoms with Gasteiger partial charge in [-0.25, -0.2) is 9.59 Å². The number of nitrogens with one attached hydrogen (secondary N) is 2. The van der Waals surface area contributed by atoms with Crippen molar-refractivity contribution in [1.29, 1.82) is 0 Å². The van der Waals surface area contributed by atoms with Crippen molar-refractivity contribution in [1.82, 2.24) is 15.7 Å². The van der Waals surface area contributed by atoms with Crippen LogP contribution in [0.4, 0.5) is 0 Å². The van der Waals surface area contributed by atoms with E-state index in [2.05, 4.69) is 10.6 Å². The van der Waals surface area contributed by atoms with E-state index in [1.165, 1.54) is 25.1 Å². The number of carbonyl (C=O) groups is 7. The third-order valence-electron chi connectivity index (χ3n) is 6.50. The number of hydrogen-bond acceptors (Lipinski definition) is 14. The number of esters is 1. The van der Waals surface area contributed by atoms with E-state index < -0.39 is 72.2 Å². The molecular formula is C27H33N3O15. The molecule has 3 rings (SSSR count). The number of aliphatic hydroxyl groups excluding tert-OH is 3. The van der Waals surface area contributed by atoms with Crippen molar-refractivity contribution in [2.45, 2.75) is 76.3 Å². The van der Waals surface area contributed by atoms with Gasteiger partial charge in [-0.15, -0.1) is 5.06 Å². The van der Waals surface area contributed by atoms with Crippen LogP contribution in [-0.2, 0) is 49.7 Å². The van der Waals surface area contributed by atoms with Crippen molar-refractivity contribution in [2.75, 3.05) is 13.1 Å². The molecule has 2 aliphatic rings. The number of benzene rings is 1. The smallest absolute Gasteiger partial charge is 0.335 e. The summed E-state index contributed by atoms with van der Waals surface area (Å²) in [5.41, 5.74) is 0.194. The number of nitrogens with zero attached hydrogens (tertiary/aromatic N) is 1. The normalized spacial score (nSPS) is 22.8. The van der Waals surface area contributed by atoms with E-state index in [-0.39, 0.29) is 63.1 Å². The first-order valence-electron chi connectivity index (χ1n) is 13.7. The molecule has 0 saturated carbocycles. The Balaban J connectivity index is 1.54. The van der Waals surface area contributed by atoms with Crippen LogP contribution in [0.25, 0.3) is 0 Å². The average molecular weight is 640 g/mol. The largest absolute Gasteiger partial charge is 0.479 e. The number of carbonyl (C=O) groups excluding carboxylic acids is 6. The van der Waals surface area contributed by atoms with Gasteiger partial charge in [-0.2, -0.15) is 0 Å². The lowest BCUT2D eigenvalue weighted by Gasteiger charge is -2.38. The van der Waals surface area contributed by atoms with Crippen molar-refractivity contribution in [3.05, 3.63) is 29.3 Å². The Kier molecular flexibility index (Phi) is 12.3. The number of aliphatic carboxylic acids is 1. The van der Waals surface area contributed by atoms with Gasteiger partial charge in [0.05, 0.1) is 5.56 Å². The number of ether oxygens (including phenoxy) is 3. The molecule has 0 radical (unpaired) electrons. The molecule has 0 unspecified atom stereocenters. The molecule has 2 aliphatic heterocycles. The zero-order valence-electron chi connectivity index (χ0n) is 24.0. The fraction of sp³-hybridized carbons (Fsp3) is 0.519. The lowest BCUT2D eigenvalue weighted by atomic mass is 9.99. The second-order valence-corrected chi connectivity index (χ2v) is 9.97. The Bertz CT molecular complexity index is 1300. The van der Waals surface area contributed by atoms with Gasteiger partial charge < -0.3 is 50.1 Å². The summed E-state index contributed by atoms with van der Waals surface area (Å²) in [4.78, 5) is 87.3. The Morgan fingerprint density at radius 2 is 1.62 bits per heavy atom. The molecule has 4 amide bonds. The van der Waals surface area contributed by atoms with Crippen LogP contribution in [0.2, 0.25) is 0 Å². The maximum Gasteiger partial charge on any atom is 0.335 e. The summed E-state index contributed by atoms with van der Waals surface area (Å²) in [5, 5.41) is 45.0. The second-order valence-electron chi connectivity index (χ2n) is 9.97. The minimum absolute atomic E-state index is 0.0377. The maximum absolute atomic E-state index is 13.0. The molecular weight excluding hydrogens is 606 g/mol. The Hall–Kier alpha value is -4.65. The molecule has 0 aromatic heterocycles. The summed E-state index contributed by atoms with van der Waals surface area (Å²) in [5.74, 6) is -5.73. The molecule has 18 heteroatoms. The van der Waals surface area contributed by atoms with Crippen LogP contribution in [0.15, 0.2) is 18.2 Å². The number of aliphatic hydroxyl groups is 3. The van der Waals surface area contributed by atoms with Crippen LogP contribution in [0, 0.1) is 0 Å². The van der Waals surface area contributed by atoms with Gasteiger partial charge in [0.15, 0.2) is 6.10 Å². The van der Waals surface area contributed by atoms with E-state index in [1.54, 1.807) is 0 Å². The van der Waals surface area contributed by atoms with Gasteiger partial charge in [-0.3, -0.25) is 24.0 Å². The number of hydroxylamine groups is 2. The molecule has 2 heterocycles. The van der Waals surface area contributed by atoms with E-state index in [0.717, 1.165) is 0 Å². The molecule has 5 atom stereocenters. The van der Waals surface area contributed by atoms with Crippen LogP contribution < -0.4 is 15.4 Å². The molecule has 2 fully saturated rings. The quantitative estimate of drug-likeness (QED) is 0.0706. The van der Waals surface area contributed by atoms with Gasteiger partial charge in [0.2, 0.25) is 12.2 Å². The number of carboxylic acids is 1. The van der Waals surface area contributed by atoms with Gasteiger partial charge in [0.1, 0.15) is 30.7 Å². The predicted molar refractivity (Wildman–Crippen MR) is 143 cm³/mol. The summed E-state index contributed by atoms with van der Waals surface area (Å²) < 4.78 is 15.6. The van der Waals surface area contributed by atoms with E-state index in [4.69, 9.17) is 19.0 Å². The van der Waals surface area contributed by atoms with Crippen molar-refractivity contribution in [3.8, 4) is 5.75 Å². The first kappa shape index (κ1) is 34.8. The highest BCUT2D eigenvalue weighted by Gasteiger charge is 2.48. The first-order chi connectivity index (χ1) is 21.3. The lowest BCUT2D eigenvalue weighted by Crippen LogP contribution is -2.61. The highest BCUT2D eigenvalue weighted by Crippen LogP contribution is 2.28. The van der Waals surface area contributed by atoms with Gasteiger partial charge in [0, 0.05) is 45.7 Å². The number of rotatable bonds is 14. The molecule has 246 valence electrons. The Morgan fingerprint density at radius 3 is 2.27 bits per heavy atom. The van der Waals surface area contributed by atoms with Crippen molar-refractivity contribution >= 4 is 41.5 Å². The third kappa shape index (κ3) is 9.67. The van der Waals surface area contributed by atoms with Crippen LogP contribution in [-0.4, -0.2) is 111 Å². The first-order valence-corrected chi connectivity index (χ1v) is 13.7. The molecule has 1 aromatic carbocycles. The molecule has 0 spiro atoms. The molecule has 45 heavy (non-hydrogen) atoms.